The van der Waals surface area contributed by atoms with Crippen LogP contribution in [0.5, 0.6) is 5.75 Å². The lowest BCUT2D eigenvalue weighted by molar-refractivity contribution is 0.0945. The maximum absolute atomic E-state index is 13.3. The number of carbonyl (C=O) groups excluding carboxylic acids is 1. The molecule has 0 fully saturated rings. The Bertz CT molecular complexity index is 652. The Balaban J connectivity index is 2.07. The summed E-state index contributed by atoms with van der Waals surface area (Å²) in [7, 11) is 0. The van der Waals surface area contributed by atoms with Crippen LogP contribution in [0.25, 0.3) is 0 Å². The van der Waals surface area contributed by atoms with E-state index < -0.39 is 11.7 Å². The van der Waals surface area contributed by atoms with Gasteiger partial charge in [-0.2, -0.15) is 0 Å². The lowest BCUT2D eigenvalue weighted by Crippen LogP contribution is -2.25. The molecule has 116 valence electrons. The third-order valence-corrected chi connectivity index (χ3v) is 2.84. The summed E-state index contributed by atoms with van der Waals surface area (Å²) in [4.78, 5) is 20.1. The molecule has 1 heterocycles. The molecule has 6 nitrogen and oxygen atoms in total. The number of ether oxygens (including phenoxy) is 1. The van der Waals surface area contributed by atoms with Crippen molar-refractivity contribution < 1.29 is 13.9 Å². The Labute approximate surface area is 131 Å². The number of hydrogen-bond donors (Lipinski definition) is 2. The Hall–Kier alpha value is -2.25. The minimum absolute atomic E-state index is 0.0856. The molecule has 0 radical (unpaired) electrons. The van der Waals surface area contributed by atoms with Crippen molar-refractivity contribution in [2.45, 2.75) is 6.54 Å². The van der Waals surface area contributed by atoms with Crippen LogP contribution in [0.15, 0.2) is 30.6 Å². The lowest BCUT2D eigenvalue weighted by atomic mass is 10.2. The summed E-state index contributed by atoms with van der Waals surface area (Å²) in [5, 5.41) is 2.99. The van der Waals surface area contributed by atoms with Crippen LogP contribution in [0.4, 0.5) is 4.39 Å². The van der Waals surface area contributed by atoms with Gasteiger partial charge < -0.3 is 15.8 Å². The molecule has 22 heavy (non-hydrogen) atoms. The topological polar surface area (TPSA) is 90.1 Å². The molecule has 0 aliphatic rings. The second-order valence-electron chi connectivity index (χ2n) is 4.28. The first-order valence-electron chi connectivity index (χ1n) is 6.47. The Morgan fingerprint density at radius 2 is 2.09 bits per heavy atom. The fraction of sp³-hybridized carbons (Fsp3) is 0.214. The van der Waals surface area contributed by atoms with Crippen LogP contribution >= 0.6 is 11.6 Å². The number of aromatic nitrogens is 2. The average Bonchev–Trinajstić information content (AvgIpc) is 2.53. The van der Waals surface area contributed by atoms with Gasteiger partial charge in [0.2, 0.25) is 0 Å². The highest BCUT2D eigenvalue weighted by molar-refractivity contribution is 6.30. The highest BCUT2D eigenvalue weighted by Gasteiger charge is 2.14. The maximum atomic E-state index is 13.3. The lowest BCUT2D eigenvalue weighted by Gasteiger charge is -2.11. The number of halogens is 2. The van der Waals surface area contributed by atoms with E-state index in [9.17, 15) is 9.18 Å². The zero-order valence-electron chi connectivity index (χ0n) is 11.6. The van der Waals surface area contributed by atoms with Gasteiger partial charge in [-0.05, 0) is 18.2 Å². The van der Waals surface area contributed by atoms with Crippen molar-refractivity contribution in [1.29, 1.82) is 0 Å². The molecular formula is C14H14ClFN4O2. The van der Waals surface area contributed by atoms with E-state index in [2.05, 4.69) is 15.3 Å². The first-order valence-corrected chi connectivity index (χ1v) is 6.85. The largest absolute Gasteiger partial charge is 0.491 e. The van der Waals surface area contributed by atoms with E-state index in [0.29, 0.717) is 10.8 Å². The summed E-state index contributed by atoms with van der Waals surface area (Å²) in [5.41, 5.74) is 5.44. The van der Waals surface area contributed by atoms with Gasteiger partial charge in [0.15, 0.2) is 0 Å². The number of hydrogen-bond acceptors (Lipinski definition) is 5. The Morgan fingerprint density at radius 1 is 1.36 bits per heavy atom. The van der Waals surface area contributed by atoms with E-state index >= 15 is 0 Å². The molecule has 2 rings (SSSR count). The van der Waals surface area contributed by atoms with Gasteiger partial charge in [0, 0.05) is 18.9 Å². The van der Waals surface area contributed by atoms with Crippen molar-refractivity contribution in [3.63, 3.8) is 0 Å². The van der Waals surface area contributed by atoms with Gasteiger partial charge in [0.25, 0.3) is 5.91 Å². The van der Waals surface area contributed by atoms with E-state index in [-0.39, 0.29) is 31.0 Å². The summed E-state index contributed by atoms with van der Waals surface area (Å²) in [6.07, 6.45) is 2.85. The van der Waals surface area contributed by atoms with Crippen molar-refractivity contribution in [2.75, 3.05) is 13.2 Å². The number of carbonyl (C=O) groups is 1. The molecule has 1 aromatic carbocycles. The van der Waals surface area contributed by atoms with E-state index in [4.69, 9.17) is 22.1 Å². The first-order chi connectivity index (χ1) is 10.6. The van der Waals surface area contributed by atoms with E-state index in [1.807, 2.05) is 0 Å². The van der Waals surface area contributed by atoms with Crippen molar-refractivity contribution in [3.05, 3.63) is 52.8 Å². The highest BCUT2D eigenvalue weighted by atomic mass is 35.5. The Morgan fingerprint density at radius 3 is 2.77 bits per heavy atom. The molecule has 8 heteroatoms. The number of nitrogens with one attached hydrogen (secondary N) is 1. The molecule has 0 unspecified atom stereocenters. The number of nitrogens with zero attached hydrogens (tertiary/aromatic N) is 2. The summed E-state index contributed by atoms with van der Waals surface area (Å²) in [6, 6.07) is 3.70. The quantitative estimate of drug-likeness (QED) is 0.841. The van der Waals surface area contributed by atoms with Crippen molar-refractivity contribution in [3.8, 4) is 5.75 Å². The van der Waals surface area contributed by atoms with Crippen LogP contribution in [0.2, 0.25) is 5.02 Å². The van der Waals surface area contributed by atoms with Crippen molar-refractivity contribution in [1.82, 2.24) is 15.3 Å². The van der Waals surface area contributed by atoms with Crippen LogP contribution in [-0.2, 0) is 6.54 Å². The molecule has 0 aliphatic heterocycles. The molecule has 1 amide bonds. The normalized spacial score (nSPS) is 10.3. The van der Waals surface area contributed by atoms with E-state index in [1.165, 1.54) is 24.5 Å². The second kappa shape index (κ2) is 7.67. The van der Waals surface area contributed by atoms with Crippen molar-refractivity contribution >= 4 is 17.5 Å². The summed E-state index contributed by atoms with van der Waals surface area (Å²) in [5.74, 6) is -0.377. The van der Waals surface area contributed by atoms with Gasteiger partial charge in [-0.1, -0.05) is 11.6 Å². The van der Waals surface area contributed by atoms with Crippen molar-refractivity contribution in [2.24, 2.45) is 5.73 Å². The summed E-state index contributed by atoms with van der Waals surface area (Å²) in [6.45, 7) is 0.603. The molecule has 2 aromatic rings. The van der Waals surface area contributed by atoms with Gasteiger partial charge in [-0.25, -0.2) is 14.4 Å². The van der Waals surface area contributed by atoms with Crippen LogP contribution in [0.3, 0.4) is 0 Å². The molecule has 1 aromatic heterocycles. The van der Waals surface area contributed by atoms with E-state index in [1.54, 1.807) is 0 Å². The van der Waals surface area contributed by atoms with Crippen LogP contribution in [0.1, 0.15) is 16.2 Å². The molecule has 0 spiro atoms. The third-order valence-electron chi connectivity index (χ3n) is 2.64. The SMILES string of the molecule is NCCOc1ccc(F)cc1C(=O)NCc1ncc(Cl)cn1. The molecule has 0 saturated heterocycles. The van der Waals surface area contributed by atoms with Gasteiger partial charge in [-0.15, -0.1) is 0 Å². The standard InChI is InChI=1S/C14H14ClFN4O2/c15-9-6-18-13(19-7-9)8-20-14(21)11-5-10(16)1-2-12(11)22-4-3-17/h1-2,5-7H,3-4,8,17H2,(H,20,21). The summed E-state index contributed by atoms with van der Waals surface area (Å²) < 4.78 is 18.7. The smallest absolute Gasteiger partial charge is 0.255 e. The van der Waals surface area contributed by atoms with Gasteiger partial charge >= 0.3 is 0 Å². The highest BCUT2D eigenvalue weighted by Crippen LogP contribution is 2.19. The average molecular weight is 325 g/mol. The van der Waals surface area contributed by atoms with Gasteiger partial charge in [0.1, 0.15) is 24.0 Å². The molecule has 0 atom stereocenters. The number of amides is 1. The predicted octanol–water partition coefficient (Wildman–Crippen LogP) is 1.54. The first kappa shape index (κ1) is 16.1. The third kappa shape index (κ3) is 4.37. The van der Waals surface area contributed by atoms with Gasteiger partial charge in [0.05, 0.1) is 17.1 Å². The zero-order valence-corrected chi connectivity index (χ0v) is 12.3. The fourth-order valence-corrected chi connectivity index (χ4v) is 1.76. The zero-order chi connectivity index (χ0) is 15.9. The van der Waals surface area contributed by atoms with Crippen LogP contribution in [0, 0.1) is 5.82 Å². The van der Waals surface area contributed by atoms with Crippen LogP contribution in [-0.4, -0.2) is 29.0 Å². The number of benzene rings is 1. The molecule has 0 saturated carbocycles. The summed E-state index contributed by atoms with van der Waals surface area (Å²) >= 11 is 5.68. The molecule has 0 bridgehead atoms. The predicted molar refractivity (Wildman–Crippen MR) is 79.2 cm³/mol. The maximum Gasteiger partial charge on any atom is 0.255 e. The second-order valence-corrected chi connectivity index (χ2v) is 4.71. The van der Waals surface area contributed by atoms with E-state index in [0.717, 1.165) is 6.07 Å². The van der Waals surface area contributed by atoms with Gasteiger partial charge in [-0.3, -0.25) is 4.79 Å². The number of nitrogens with two attached hydrogens (primary N) is 1. The molecule has 3 N–H and O–H groups in total. The minimum Gasteiger partial charge on any atom is -0.491 e. The number of rotatable bonds is 6. The van der Waals surface area contributed by atoms with Crippen LogP contribution < -0.4 is 15.8 Å². The Kier molecular flexibility index (Phi) is 5.62. The monoisotopic (exact) mass is 324 g/mol. The molecule has 0 aliphatic carbocycles. The minimum atomic E-state index is -0.534. The fourth-order valence-electron chi connectivity index (χ4n) is 1.66. The molecular weight excluding hydrogens is 311 g/mol.